The van der Waals surface area contributed by atoms with Crippen LogP contribution in [0.15, 0.2) is 77.6 Å². The van der Waals surface area contributed by atoms with Gasteiger partial charge in [0.2, 0.25) is 0 Å². The van der Waals surface area contributed by atoms with E-state index >= 15 is 0 Å². The van der Waals surface area contributed by atoms with E-state index in [2.05, 4.69) is 10.3 Å². The molecular formula is C27H27N3O3S. The Balaban J connectivity index is 1.67. The second kappa shape index (κ2) is 10.4. The fraction of sp³-hybridized carbons (Fsp3) is 0.185. The van der Waals surface area contributed by atoms with E-state index in [9.17, 15) is 4.79 Å². The maximum absolute atomic E-state index is 13.0. The van der Waals surface area contributed by atoms with Crippen molar-refractivity contribution in [2.75, 3.05) is 19.5 Å². The molecule has 0 atom stereocenters. The zero-order valence-corrected chi connectivity index (χ0v) is 20.2. The molecule has 0 spiro atoms. The molecule has 174 valence electrons. The molecular weight excluding hydrogens is 446 g/mol. The first-order valence-electron chi connectivity index (χ1n) is 10.9. The van der Waals surface area contributed by atoms with Gasteiger partial charge in [-0.25, -0.2) is 0 Å². The van der Waals surface area contributed by atoms with Gasteiger partial charge in [-0.1, -0.05) is 42.5 Å². The number of methoxy groups -OCH3 is 2. The van der Waals surface area contributed by atoms with E-state index in [0.29, 0.717) is 40.8 Å². The SMILES string of the molecule is COc1cc2cc(CN(Cc3ccccc3)C(=S)Nc3cccc(C)c3)c(=O)[nH]c2cc1OC. The highest BCUT2D eigenvalue weighted by Gasteiger charge is 2.16. The maximum atomic E-state index is 13.0. The maximum Gasteiger partial charge on any atom is 0.253 e. The number of H-pyrrole nitrogens is 1. The second-order valence-electron chi connectivity index (χ2n) is 8.06. The number of rotatable bonds is 7. The molecule has 0 saturated carbocycles. The van der Waals surface area contributed by atoms with Crippen molar-refractivity contribution in [3.8, 4) is 11.5 Å². The molecule has 0 saturated heterocycles. The van der Waals surface area contributed by atoms with Crippen molar-refractivity contribution in [2.24, 2.45) is 0 Å². The van der Waals surface area contributed by atoms with Gasteiger partial charge in [-0.3, -0.25) is 4.79 Å². The van der Waals surface area contributed by atoms with E-state index < -0.39 is 0 Å². The number of pyridine rings is 1. The average molecular weight is 474 g/mol. The van der Waals surface area contributed by atoms with Crippen LogP contribution in [0.1, 0.15) is 16.7 Å². The zero-order valence-electron chi connectivity index (χ0n) is 19.4. The quantitative estimate of drug-likeness (QED) is 0.357. The number of benzene rings is 3. The molecule has 1 aromatic heterocycles. The van der Waals surface area contributed by atoms with Crippen LogP contribution in [0.2, 0.25) is 0 Å². The number of hydrogen-bond acceptors (Lipinski definition) is 4. The Hall–Kier alpha value is -3.84. The van der Waals surface area contributed by atoms with Crippen LogP contribution >= 0.6 is 12.2 Å². The summed E-state index contributed by atoms with van der Waals surface area (Å²) in [6, 6.07) is 23.6. The molecule has 0 amide bonds. The summed E-state index contributed by atoms with van der Waals surface area (Å²) in [4.78, 5) is 17.9. The Bertz CT molecular complexity index is 1370. The monoisotopic (exact) mass is 473 g/mol. The van der Waals surface area contributed by atoms with Gasteiger partial charge in [0.1, 0.15) is 0 Å². The number of anilines is 1. The van der Waals surface area contributed by atoms with Crippen LogP contribution in [0.5, 0.6) is 11.5 Å². The molecule has 0 aliphatic rings. The Morgan fingerprint density at radius 3 is 2.38 bits per heavy atom. The number of hydrogen-bond donors (Lipinski definition) is 2. The molecule has 4 aromatic rings. The number of nitrogens with one attached hydrogen (secondary N) is 2. The van der Waals surface area contributed by atoms with Crippen LogP contribution in [-0.2, 0) is 13.1 Å². The molecule has 2 N–H and O–H groups in total. The average Bonchev–Trinajstić information content (AvgIpc) is 2.84. The van der Waals surface area contributed by atoms with Crippen molar-refractivity contribution in [1.82, 2.24) is 9.88 Å². The number of thiocarbonyl (C=S) groups is 1. The van der Waals surface area contributed by atoms with Gasteiger partial charge in [-0.15, -0.1) is 0 Å². The van der Waals surface area contributed by atoms with Gasteiger partial charge in [0, 0.05) is 29.2 Å². The predicted molar refractivity (Wildman–Crippen MR) is 141 cm³/mol. The van der Waals surface area contributed by atoms with Crippen molar-refractivity contribution in [2.45, 2.75) is 20.0 Å². The number of nitrogens with zero attached hydrogens (tertiary/aromatic N) is 1. The third kappa shape index (κ3) is 5.38. The Morgan fingerprint density at radius 2 is 1.68 bits per heavy atom. The topological polar surface area (TPSA) is 66.6 Å². The van der Waals surface area contributed by atoms with Crippen LogP contribution < -0.4 is 20.3 Å². The molecule has 0 bridgehead atoms. The summed E-state index contributed by atoms with van der Waals surface area (Å²) in [5.74, 6) is 1.17. The molecule has 1 heterocycles. The molecule has 3 aromatic carbocycles. The van der Waals surface area contributed by atoms with Crippen molar-refractivity contribution in [3.63, 3.8) is 0 Å². The third-order valence-corrected chi connectivity index (χ3v) is 5.92. The van der Waals surface area contributed by atoms with Gasteiger partial charge in [0.05, 0.1) is 26.3 Å². The van der Waals surface area contributed by atoms with Gasteiger partial charge >= 0.3 is 0 Å². The van der Waals surface area contributed by atoms with Crippen molar-refractivity contribution >= 4 is 33.9 Å². The highest BCUT2D eigenvalue weighted by atomic mass is 32.1. The molecule has 0 unspecified atom stereocenters. The smallest absolute Gasteiger partial charge is 0.253 e. The molecule has 4 rings (SSSR count). The second-order valence-corrected chi connectivity index (χ2v) is 8.45. The molecule has 0 aliphatic carbocycles. The minimum atomic E-state index is -0.170. The van der Waals surface area contributed by atoms with E-state index in [1.807, 2.05) is 78.6 Å². The lowest BCUT2D eigenvalue weighted by atomic mass is 10.1. The van der Waals surface area contributed by atoms with Gasteiger partial charge in [-0.2, -0.15) is 0 Å². The molecule has 34 heavy (non-hydrogen) atoms. The van der Waals surface area contributed by atoms with E-state index in [0.717, 1.165) is 22.2 Å². The Kier molecular flexibility index (Phi) is 7.13. The largest absolute Gasteiger partial charge is 0.493 e. The lowest BCUT2D eigenvalue weighted by Gasteiger charge is -2.26. The van der Waals surface area contributed by atoms with Crippen LogP contribution in [0.25, 0.3) is 10.9 Å². The third-order valence-electron chi connectivity index (χ3n) is 5.56. The van der Waals surface area contributed by atoms with Crippen LogP contribution in [0, 0.1) is 6.92 Å². The number of ether oxygens (including phenoxy) is 2. The minimum Gasteiger partial charge on any atom is -0.493 e. The summed E-state index contributed by atoms with van der Waals surface area (Å²) >= 11 is 5.78. The highest BCUT2D eigenvalue weighted by Crippen LogP contribution is 2.31. The zero-order chi connectivity index (χ0) is 24.1. The summed E-state index contributed by atoms with van der Waals surface area (Å²) in [7, 11) is 3.16. The van der Waals surface area contributed by atoms with E-state index in [1.165, 1.54) is 0 Å². The molecule has 6 nitrogen and oxygen atoms in total. The van der Waals surface area contributed by atoms with E-state index in [-0.39, 0.29) is 5.56 Å². The minimum absolute atomic E-state index is 0.170. The first-order chi connectivity index (χ1) is 16.5. The highest BCUT2D eigenvalue weighted by molar-refractivity contribution is 7.80. The normalized spacial score (nSPS) is 10.7. The van der Waals surface area contributed by atoms with Gasteiger partial charge < -0.3 is 24.7 Å². The first kappa shape index (κ1) is 23.3. The summed E-state index contributed by atoms with van der Waals surface area (Å²) in [5.41, 5.74) is 4.26. The number of aromatic nitrogens is 1. The van der Waals surface area contributed by atoms with Gasteiger partial charge in [0.25, 0.3) is 5.56 Å². The van der Waals surface area contributed by atoms with Gasteiger partial charge in [0.15, 0.2) is 16.6 Å². The van der Waals surface area contributed by atoms with E-state index in [1.54, 1.807) is 20.3 Å². The fourth-order valence-electron chi connectivity index (χ4n) is 3.83. The van der Waals surface area contributed by atoms with Crippen LogP contribution in [-0.4, -0.2) is 29.2 Å². The standard InChI is InChI=1S/C27H27N3O3S/c1-18-8-7-11-22(12-18)28-27(34)30(16-19-9-5-4-6-10-19)17-21-13-20-14-24(32-2)25(33-3)15-23(20)29-26(21)31/h4-15H,16-17H2,1-3H3,(H,28,34)(H,29,31). The van der Waals surface area contributed by atoms with E-state index in [4.69, 9.17) is 21.7 Å². The number of fused-ring (bicyclic) bond motifs is 1. The summed E-state index contributed by atoms with van der Waals surface area (Å²) in [6.45, 7) is 2.93. The van der Waals surface area contributed by atoms with Crippen molar-refractivity contribution in [1.29, 1.82) is 0 Å². The summed E-state index contributed by atoms with van der Waals surface area (Å²) < 4.78 is 10.8. The Morgan fingerprint density at radius 1 is 0.941 bits per heavy atom. The fourth-order valence-corrected chi connectivity index (χ4v) is 4.08. The molecule has 0 radical (unpaired) electrons. The first-order valence-corrected chi connectivity index (χ1v) is 11.3. The van der Waals surface area contributed by atoms with Crippen molar-refractivity contribution < 1.29 is 9.47 Å². The van der Waals surface area contributed by atoms with Crippen LogP contribution in [0.4, 0.5) is 5.69 Å². The summed E-state index contributed by atoms with van der Waals surface area (Å²) in [5, 5.41) is 4.72. The predicted octanol–water partition coefficient (Wildman–Crippen LogP) is 5.25. The molecule has 7 heteroatoms. The number of aromatic amines is 1. The number of aryl methyl sites for hydroxylation is 1. The lowest BCUT2D eigenvalue weighted by Crippen LogP contribution is -2.35. The molecule has 0 fully saturated rings. The van der Waals surface area contributed by atoms with Crippen molar-refractivity contribution in [3.05, 3.63) is 99.8 Å². The summed E-state index contributed by atoms with van der Waals surface area (Å²) in [6.07, 6.45) is 0. The van der Waals surface area contributed by atoms with Gasteiger partial charge in [-0.05, 0) is 54.5 Å². The Labute approximate surface area is 204 Å². The molecule has 0 aliphatic heterocycles. The van der Waals surface area contributed by atoms with Crippen LogP contribution in [0.3, 0.4) is 0 Å². The lowest BCUT2D eigenvalue weighted by molar-refractivity contribution is 0.355.